The van der Waals surface area contributed by atoms with Crippen LogP contribution in [0.1, 0.15) is 25.3 Å². The number of benzene rings is 1. The SMILES string of the molecule is Cc1ccc(S(=O)(=O)N(C)C)cc1NC(=O)[C@H](C)Sc1nnc(NC[C@H]2CCCO2)s1. The highest BCUT2D eigenvalue weighted by atomic mass is 32.2. The summed E-state index contributed by atoms with van der Waals surface area (Å²) in [7, 11) is -0.645. The summed E-state index contributed by atoms with van der Waals surface area (Å²) in [5.74, 6) is -0.239. The molecule has 1 aliphatic rings. The molecule has 12 heteroatoms. The predicted octanol–water partition coefficient (Wildman–Crippen LogP) is 2.81. The normalized spacial score (nSPS) is 17.6. The average Bonchev–Trinajstić information content (AvgIpc) is 3.39. The molecule has 2 heterocycles. The number of carbonyl (C=O) groups excluding carboxylic acids is 1. The number of carbonyl (C=O) groups is 1. The number of hydrogen-bond donors (Lipinski definition) is 2. The van der Waals surface area contributed by atoms with Gasteiger partial charge in [-0.3, -0.25) is 4.79 Å². The molecule has 9 nitrogen and oxygen atoms in total. The maximum absolute atomic E-state index is 12.7. The van der Waals surface area contributed by atoms with Gasteiger partial charge in [-0.1, -0.05) is 29.2 Å². The molecule has 1 amide bonds. The Labute approximate surface area is 191 Å². The van der Waals surface area contributed by atoms with Crippen molar-refractivity contribution >= 4 is 49.8 Å². The van der Waals surface area contributed by atoms with Crippen molar-refractivity contribution in [3.8, 4) is 0 Å². The lowest BCUT2D eigenvalue weighted by atomic mass is 10.2. The molecule has 1 aromatic carbocycles. The summed E-state index contributed by atoms with van der Waals surface area (Å²) in [4.78, 5) is 12.8. The summed E-state index contributed by atoms with van der Waals surface area (Å²) >= 11 is 2.70. The van der Waals surface area contributed by atoms with Gasteiger partial charge in [0.05, 0.1) is 16.2 Å². The van der Waals surface area contributed by atoms with Crippen molar-refractivity contribution in [3.63, 3.8) is 0 Å². The summed E-state index contributed by atoms with van der Waals surface area (Å²) < 4.78 is 32.2. The van der Waals surface area contributed by atoms with Crippen LogP contribution in [0.4, 0.5) is 10.8 Å². The quantitative estimate of drug-likeness (QED) is 0.521. The van der Waals surface area contributed by atoms with Crippen molar-refractivity contribution in [2.24, 2.45) is 0 Å². The lowest BCUT2D eigenvalue weighted by molar-refractivity contribution is -0.115. The third-order valence-electron chi connectivity index (χ3n) is 4.80. The molecule has 0 bridgehead atoms. The van der Waals surface area contributed by atoms with Gasteiger partial charge >= 0.3 is 0 Å². The number of anilines is 2. The van der Waals surface area contributed by atoms with E-state index in [2.05, 4.69) is 20.8 Å². The molecule has 3 rings (SSSR count). The van der Waals surface area contributed by atoms with Crippen LogP contribution < -0.4 is 10.6 Å². The van der Waals surface area contributed by atoms with E-state index in [9.17, 15) is 13.2 Å². The van der Waals surface area contributed by atoms with Crippen LogP contribution in [-0.2, 0) is 19.6 Å². The number of aromatic nitrogens is 2. The van der Waals surface area contributed by atoms with E-state index >= 15 is 0 Å². The van der Waals surface area contributed by atoms with Gasteiger partial charge in [0.15, 0.2) is 4.34 Å². The number of hydrogen-bond acceptors (Lipinski definition) is 9. The summed E-state index contributed by atoms with van der Waals surface area (Å²) in [6.45, 7) is 5.09. The summed E-state index contributed by atoms with van der Waals surface area (Å²) in [6, 6.07) is 4.70. The third kappa shape index (κ3) is 6.16. The van der Waals surface area contributed by atoms with Gasteiger partial charge in [0.25, 0.3) is 0 Å². The first-order valence-electron chi connectivity index (χ1n) is 9.86. The van der Waals surface area contributed by atoms with Gasteiger partial charge in [-0.2, -0.15) is 0 Å². The molecule has 0 saturated carbocycles. The standard InChI is InChI=1S/C19H27N5O4S3/c1-12-7-8-15(31(26,27)24(3)4)10-16(12)21-17(25)13(2)29-19-23-22-18(30-19)20-11-14-6-5-9-28-14/h7-8,10,13-14H,5-6,9,11H2,1-4H3,(H,20,22)(H,21,25)/t13-,14+/m0/s1. The lowest BCUT2D eigenvalue weighted by Crippen LogP contribution is -2.24. The van der Waals surface area contributed by atoms with Crippen LogP contribution in [0.2, 0.25) is 0 Å². The van der Waals surface area contributed by atoms with E-state index in [0.717, 1.165) is 29.3 Å². The van der Waals surface area contributed by atoms with Gasteiger partial charge in [0, 0.05) is 32.9 Å². The van der Waals surface area contributed by atoms with E-state index in [1.165, 1.54) is 49.3 Å². The zero-order valence-corrected chi connectivity index (χ0v) is 20.4. The van der Waals surface area contributed by atoms with E-state index in [0.29, 0.717) is 21.7 Å². The van der Waals surface area contributed by atoms with Crippen molar-refractivity contribution in [1.82, 2.24) is 14.5 Å². The number of sulfonamides is 1. The molecule has 170 valence electrons. The van der Waals surface area contributed by atoms with Gasteiger partial charge in [0.2, 0.25) is 21.1 Å². The number of rotatable bonds is 9. The number of ether oxygens (including phenoxy) is 1. The minimum Gasteiger partial charge on any atom is -0.376 e. The van der Waals surface area contributed by atoms with Crippen LogP contribution in [-0.4, -0.2) is 67.4 Å². The average molecular weight is 486 g/mol. The molecule has 1 aromatic heterocycles. The molecule has 0 spiro atoms. The molecule has 1 fully saturated rings. The molecular formula is C19H27N5O4S3. The highest BCUT2D eigenvalue weighted by molar-refractivity contribution is 8.02. The van der Waals surface area contributed by atoms with Gasteiger partial charge in [-0.05, 0) is 44.4 Å². The van der Waals surface area contributed by atoms with Gasteiger partial charge in [-0.25, -0.2) is 12.7 Å². The Bertz CT molecular complexity index is 1020. The van der Waals surface area contributed by atoms with Gasteiger partial charge in [0.1, 0.15) is 0 Å². The zero-order chi connectivity index (χ0) is 22.6. The van der Waals surface area contributed by atoms with Crippen molar-refractivity contribution in [2.45, 2.75) is 47.3 Å². The monoisotopic (exact) mass is 485 g/mol. The second kappa shape index (κ2) is 10.3. The van der Waals surface area contributed by atoms with Crippen molar-refractivity contribution in [1.29, 1.82) is 0 Å². The maximum Gasteiger partial charge on any atom is 0.242 e. The fourth-order valence-electron chi connectivity index (χ4n) is 2.88. The van der Waals surface area contributed by atoms with Gasteiger partial charge in [-0.15, -0.1) is 10.2 Å². The summed E-state index contributed by atoms with van der Waals surface area (Å²) in [5.41, 5.74) is 1.25. The maximum atomic E-state index is 12.7. The zero-order valence-electron chi connectivity index (χ0n) is 17.9. The third-order valence-corrected chi connectivity index (χ3v) is 8.68. The number of nitrogens with zero attached hydrogens (tertiary/aromatic N) is 3. The molecule has 2 N–H and O–H groups in total. The molecule has 1 aliphatic heterocycles. The summed E-state index contributed by atoms with van der Waals surface area (Å²) in [6.07, 6.45) is 2.33. The second-order valence-corrected chi connectivity index (χ2v) is 12.1. The number of amides is 1. The number of nitrogens with one attached hydrogen (secondary N) is 2. The Morgan fingerprint density at radius 3 is 2.84 bits per heavy atom. The van der Waals surface area contributed by atoms with Crippen LogP contribution in [0.15, 0.2) is 27.4 Å². The van der Waals surface area contributed by atoms with Crippen LogP contribution in [0, 0.1) is 6.92 Å². The minimum atomic E-state index is -3.59. The Hall–Kier alpha value is -1.73. The Morgan fingerprint density at radius 2 is 2.16 bits per heavy atom. The van der Waals surface area contributed by atoms with Crippen LogP contribution in [0.25, 0.3) is 0 Å². The van der Waals surface area contributed by atoms with E-state index in [-0.39, 0.29) is 16.9 Å². The highest BCUT2D eigenvalue weighted by Crippen LogP contribution is 2.30. The fourth-order valence-corrected chi connectivity index (χ4v) is 5.71. The Balaban J connectivity index is 1.59. The van der Waals surface area contributed by atoms with Crippen molar-refractivity contribution in [3.05, 3.63) is 23.8 Å². The molecule has 0 aliphatic carbocycles. The first kappa shape index (κ1) is 23.9. The van der Waals surface area contributed by atoms with Crippen LogP contribution in [0.3, 0.4) is 0 Å². The Kier molecular flexibility index (Phi) is 7.92. The van der Waals surface area contributed by atoms with E-state index in [1.54, 1.807) is 13.0 Å². The molecule has 2 aromatic rings. The summed E-state index contributed by atoms with van der Waals surface area (Å²) in [5, 5.41) is 14.6. The topological polar surface area (TPSA) is 114 Å². The highest BCUT2D eigenvalue weighted by Gasteiger charge is 2.22. The van der Waals surface area contributed by atoms with Crippen molar-refractivity contribution in [2.75, 3.05) is 37.9 Å². The lowest BCUT2D eigenvalue weighted by Gasteiger charge is -2.15. The Morgan fingerprint density at radius 1 is 1.39 bits per heavy atom. The molecule has 31 heavy (non-hydrogen) atoms. The smallest absolute Gasteiger partial charge is 0.242 e. The van der Waals surface area contributed by atoms with E-state index in [4.69, 9.17) is 4.74 Å². The fraction of sp³-hybridized carbons (Fsp3) is 0.526. The van der Waals surface area contributed by atoms with Crippen molar-refractivity contribution < 1.29 is 17.9 Å². The number of thioether (sulfide) groups is 1. The molecule has 1 saturated heterocycles. The molecular weight excluding hydrogens is 458 g/mol. The molecule has 0 unspecified atom stereocenters. The second-order valence-electron chi connectivity index (χ2n) is 7.40. The first-order valence-corrected chi connectivity index (χ1v) is 13.0. The van der Waals surface area contributed by atoms with E-state index in [1.807, 2.05) is 6.92 Å². The van der Waals surface area contributed by atoms with E-state index < -0.39 is 15.3 Å². The minimum absolute atomic E-state index is 0.129. The van der Waals surface area contributed by atoms with Gasteiger partial charge < -0.3 is 15.4 Å². The molecule has 2 atom stereocenters. The van der Waals surface area contributed by atoms with Crippen LogP contribution >= 0.6 is 23.1 Å². The first-order chi connectivity index (χ1) is 14.7. The number of aryl methyl sites for hydroxylation is 1. The predicted molar refractivity (Wildman–Crippen MR) is 123 cm³/mol. The van der Waals surface area contributed by atoms with Crippen LogP contribution in [0.5, 0.6) is 0 Å². The largest absolute Gasteiger partial charge is 0.376 e. The molecule has 0 radical (unpaired) electrons.